The Morgan fingerprint density at radius 3 is 2.66 bits per heavy atom. The highest BCUT2D eigenvalue weighted by Gasteiger charge is 2.17. The van der Waals surface area contributed by atoms with Crippen LogP contribution in [-0.4, -0.2) is 9.55 Å². The number of nitrogen functional groups attached to an aromatic ring is 1. The quantitative estimate of drug-likeness (QED) is 0.431. The molecule has 0 aliphatic heterocycles. The summed E-state index contributed by atoms with van der Waals surface area (Å²) in [5, 5.41) is 0.948. The molecule has 29 heavy (non-hydrogen) atoms. The molecule has 2 heterocycles. The molecular formula is C23H22BrN3O2. The third-order valence-electron chi connectivity index (χ3n) is 5.27. The van der Waals surface area contributed by atoms with E-state index in [2.05, 4.69) is 20.9 Å². The number of benzene rings is 2. The van der Waals surface area contributed by atoms with Crippen LogP contribution >= 0.6 is 15.9 Å². The molecule has 0 spiro atoms. The maximum absolute atomic E-state index is 12.8. The number of aryl methyl sites for hydroxylation is 2. The molecule has 0 fully saturated rings. The van der Waals surface area contributed by atoms with Crippen molar-refractivity contribution in [2.75, 3.05) is 5.73 Å². The molecule has 0 saturated carbocycles. The molecule has 0 aliphatic carbocycles. The molecule has 0 aliphatic rings. The van der Waals surface area contributed by atoms with Crippen molar-refractivity contribution in [2.24, 2.45) is 0 Å². The lowest BCUT2D eigenvalue weighted by atomic mass is 10.1. The van der Waals surface area contributed by atoms with Crippen molar-refractivity contribution in [1.29, 1.82) is 0 Å². The van der Waals surface area contributed by atoms with Gasteiger partial charge in [-0.2, -0.15) is 0 Å². The van der Waals surface area contributed by atoms with E-state index in [1.54, 1.807) is 4.57 Å². The van der Waals surface area contributed by atoms with Gasteiger partial charge in [-0.15, -0.1) is 0 Å². The summed E-state index contributed by atoms with van der Waals surface area (Å²) in [6.07, 6.45) is 0.700. The zero-order valence-electron chi connectivity index (χ0n) is 16.6. The van der Waals surface area contributed by atoms with E-state index in [1.165, 1.54) is 0 Å². The maximum Gasteiger partial charge on any atom is 0.256 e. The lowest BCUT2D eigenvalue weighted by molar-refractivity contribution is 0.629. The van der Waals surface area contributed by atoms with Crippen LogP contribution in [0.5, 0.6) is 0 Å². The van der Waals surface area contributed by atoms with Crippen LogP contribution in [0.25, 0.3) is 22.3 Å². The fourth-order valence-corrected chi connectivity index (χ4v) is 4.12. The van der Waals surface area contributed by atoms with Gasteiger partial charge in [-0.3, -0.25) is 9.36 Å². The van der Waals surface area contributed by atoms with Crippen molar-refractivity contribution in [1.82, 2.24) is 9.55 Å². The van der Waals surface area contributed by atoms with Gasteiger partial charge >= 0.3 is 0 Å². The topological polar surface area (TPSA) is 74.0 Å². The molecule has 0 bridgehead atoms. The van der Waals surface area contributed by atoms with Gasteiger partial charge in [0.05, 0.1) is 11.0 Å². The van der Waals surface area contributed by atoms with Crippen molar-refractivity contribution < 1.29 is 4.42 Å². The number of aromatic nitrogens is 2. The predicted octanol–water partition coefficient (Wildman–Crippen LogP) is 5.23. The highest BCUT2D eigenvalue weighted by Crippen LogP contribution is 2.40. The lowest BCUT2D eigenvalue weighted by Crippen LogP contribution is -2.28. The summed E-state index contributed by atoms with van der Waals surface area (Å²) in [7, 11) is 0. The minimum Gasteiger partial charge on any atom is -0.455 e. The first-order valence-corrected chi connectivity index (χ1v) is 10.3. The normalized spacial score (nSPS) is 11.3. The van der Waals surface area contributed by atoms with Gasteiger partial charge in [0, 0.05) is 34.3 Å². The lowest BCUT2D eigenvalue weighted by Gasteiger charge is -2.13. The van der Waals surface area contributed by atoms with Crippen LogP contribution in [0.1, 0.15) is 29.6 Å². The summed E-state index contributed by atoms with van der Waals surface area (Å²) in [6.45, 7) is 6.19. The van der Waals surface area contributed by atoms with Gasteiger partial charge in [0.15, 0.2) is 5.76 Å². The molecule has 2 aromatic carbocycles. The molecule has 2 aromatic heterocycles. The zero-order chi connectivity index (χ0) is 20.7. The van der Waals surface area contributed by atoms with Crippen LogP contribution in [0, 0.1) is 13.8 Å². The number of hydrogen-bond acceptors (Lipinski definition) is 4. The SMILES string of the molecule is CCc1nc(C)c(C)c(=O)n1Cc1ccc2oc(-c3ccccc3N)c(Br)c2c1. The fraction of sp³-hybridized carbons (Fsp3) is 0.217. The smallest absolute Gasteiger partial charge is 0.256 e. The summed E-state index contributed by atoms with van der Waals surface area (Å²) in [5.41, 5.74) is 10.9. The van der Waals surface area contributed by atoms with Gasteiger partial charge in [-0.25, -0.2) is 4.98 Å². The largest absolute Gasteiger partial charge is 0.455 e. The Morgan fingerprint density at radius 2 is 1.93 bits per heavy atom. The Labute approximate surface area is 177 Å². The second kappa shape index (κ2) is 7.52. The first-order chi connectivity index (χ1) is 13.9. The second-order valence-electron chi connectivity index (χ2n) is 7.15. The van der Waals surface area contributed by atoms with Gasteiger partial charge in [0.2, 0.25) is 0 Å². The third-order valence-corrected chi connectivity index (χ3v) is 6.06. The van der Waals surface area contributed by atoms with Crippen LogP contribution in [-0.2, 0) is 13.0 Å². The first-order valence-electron chi connectivity index (χ1n) is 9.53. The van der Waals surface area contributed by atoms with Gasteiger partial charge in [-0.1, -0.05) is 25.1 Å². The highest BCUT2D eigenvalue weighted by molar-refractivity contribution is 9.10. The third kappa shape index (κ3) is 3.38. The van der Waals surface area contributed by atoms with E-state index in [0.29, 0.717) is 30.0 Å². The second-order valence-corrected chi connectivity index (χ2v) is 7.94. The van der Waals surface area contributed by atoms with E-state index in [4.69, 9.17) is 10.2 Å². The van der Waals surface area contributed by atoms with Crippen LogP contribution in [0.2, 0.25) is 0 Å². The molecule has 6 heteroatoms. The number of furan rings is 1. The number of para-hydroxylation sites is 1. The number of nitrogens with zero attached hydrogens (tertiary/aromatic N) is 2. The molecule has 148 valence electrons. The summed E-state index contributed by atoms with van der Waals surface area (Å²) < 4.78 is 8.68. The molecule has 0 unspecified atom stereocenters. The summed E-state index contributed by atoms with van der Waals surface area (Å²) >= 11 is 3.68. The van der Waals surface area contributed by atoms with E-state index >= 15 is 0 Å². The van der Waals surface area contributed by atoms with Gasteiger partial charge in [-0.05, 0) is 59.6 Å². The van der Waals surface area contributed by atoms with E-state index in [-0.39, 0.29) is 5.56 Å². The average Bonchev–Trinajstić information content (AvgIpc) is 3.04. The fourth-order valence-electron chi connectivity index (χ4n) is 3.52. The summed E-state index contributed by atoms with van der Waals surface area (Å²) in [5.74, 6) is 1.50. The molecule has 0 amide bonds. The van der Waals surface area contributed by atoms with Crippen LogP contribution in [0.4, 0.5) is 5.69 Å². The Morgan fingerprint density at radius 1 is 1.17 bits per heavy atom. The van der Waals surface area contributed by atoms with Crippen LogP contribution in [0.15, 0.2) is 56.1 Å². The Bertz CT molecular complexity index is 1290. The number of fused-ring (bicyclic) bond motifs is 1. The Balaban J connectivity index is 1.80. The monoisotopic (exact) mass is 451 g/mol. The molecule has 0 saturated heterocycles. The molecule has 2 N–H and O–H groups in total. The van der Waals surface area contributed by atoms with E-state index in [0.717, 1.165) is 38.1 Å². The Kier molecular flexibility index (Phi) is 5.04. The molecular weight excluding hydrogens is 430 g/mol. The minimum atomic E-state index is 0.0125. The van der Waals surface area contributed by atoms with Gasteiger partial charge < -0.3 is 10.2 Å². The van der Waals surface area contributed by atoms with Crippen LogP contribution in [0.3, 0.4) is 0 Å². The van der Waals surface area contributed by atoms with E-state index in [1.807, 2.05) is 63.2 Å². The summed E-state index contributed by atoms with van der Waals surface area (Å²) in [6, 6.07) is 13.6. The van der Waals surface area contributed by atoms with Crippen molar-refractivity contribution in [3.8, 4) is 11.3 Å². The van der Waals surface area contributed by atoms with E-state index < -0.39 is 0 Å². The molecule has 0 atom stereocenters. The van der Waals surface area contributed by atoms with Gasteiger partial charge in [0.1, 0.15) is 11.4 Å². The number of halogens is 1. The molecule has 4 rings (SSSR count). The minimum absolute atomic E-state index is 0.0125. The van der Waals surface area contributed by atoms with E-state index in [9.17, 15) is 4.79 Å². The Hall–Kier alpha value is -2.86. The standard InChI is InChI=1S/C23H22BrN3O2/c1-4-20-26-14(3)13(2)23(28)27(20)12-15-9-10-19-17(11-15)21(24)22(29-19)16-7-5-6-8-18(16)25/h5-11H,4,12,25H2,1-3H3. The van der Waals surface area contributed by atoms with Crippen molar-refractivity contribution in [3.63, 3.8) is 0 Å². The van der Waals surface area contributed by atoms with Crippen molar-refractivity contribution in [3.05, 3.63) is 79.9 Å². The summed E-state index contributed by atoms with van der Waals surface area (Å²) in [4.78, 5) is 17.4. The molecule has 4 aromatic rings. The highest BCUT2D eigenvalue weighted by atomic mass is 79.9. The van der Waals surface area contributed by atoms with Crippen LogP contribution < -0.4 is 11.3 Å². The first kappa shape index (κ1) is 19.5. The van der Waals surface area contributed by atoms with Crippen molar-refractivity contribution in [2.45, 2.75) is 33.7 Å². The van der Waals surface area contributed by atoms with Gasteiger partial charge in [0.25, 0.3) is 5.56 Å². The molecule has 5 nitrogen and oxygen atoms in total. The number of anilines is 1. The number of rotatable bonds is 4. The average molecular weight is 452 g/mol. The predicted molar refractivity (Wildman–Crippen MR) is 120 cm³/mol. The zero-order valence-corrected chi connectivity index (χ0v) is 18.2. The van der Waals surface area contributed by atoms with Crippen molar-refractivity contribution >= 4 is 32.6 Å². The number of nitrogens with two attached hydrogens (primary N) is 1. The maximum atomic E-state index is 12.8. The number of hydrogen-bond donors (Lipinski definition) is 1. The molecule has 0 radical (unpaired) electrons.